The van der Waals surface area contributed by atoms with Crippen molar-refractivity contribution in [2.24, 2.45) is 0 Å². The molecule has 2 aromatic carbocycles. The van der Waals surface area contributed by atoms with Gasteiger partial charge in [0.05, 0.1) is 17.6 Å². The van der Waals surface area contributed by atoms with E-state index in [-0.39, 0.29) is 17.5 Å². The summed E-state index contributed by atoms with van der Waals surface area (Å²) in [4.78, 5) is 42.5. The van der Waals surface area contributed by atoms with Crippen molar-refractivity contribution >= 4 is 39.1 Å². The SMILES string of the molecule is CCOc1ccc(NC(=O)Cn2c(-c3ccccc3)nc3scc(C(=O)O)c3c2=O)cc1. The highest BCUT2D eigenvalue weighted by molar-refractivity contribution is 7.17. The molecule has 0 spiro atoms. The van der Waals surface area contributed by atoms with Crippen molar-refractivity contribution in [1.29, 1.82) is 0 Å². The molecule has 2 aromatic heterocycles. The number of anilines is 1. The number of thiophene rings is 1. The molecule has 9 heteroatoms. The van der Waals surface area contributed by atoms with Gasteiger partial charge in [-0.15, -0.1) is 11.3 Å². The molecule has 4 rings (SSSR count). The number of carbonyl (C=O) groups excluding carboxylic acids is 1. The van der Waals surface area contributed by atoms with Gasteiger partial charge in [-0.3, -0.25) is 14.2 Å². The fourth-order valence-electron chi connectivity index (χ4n) is 3.28. The molecule has 0 saturated carbocycles. The van der Waals surface area contributed by atoms with Gasteiger partial charge in [-0.25, -0.2) is 9.78 Å². The van der Waals surface area contributed by atoms with Crippen LogP contribution in [0.15, 0.2) is 64.8 Å². The molecule has 0 aliphatic heterocycles. The summed E-state index contributed by atoms with van der Waals surface area (Å²) in [6.07, 6.45) is 0. The van der Waals surface area contributed by atoms with Gasteiger partial charge in [-0.05, 0) is 31.2 Å². The molecule has 0 aliphatic carbocycles. The first kappa shape index (κ1) is 21.3. The second-order valence-corrected chi connectivity index (χ2v) is 7.69. The molecule has 2 N–H and O–H groups in total. The summed E-state index contributed by atoms with van der Waals surface area (Å²) in [6.45, 7) is 2.09. The molecule has 0 radical (unpaired) electrons. The molecule has 0 fully saturated rings. The van der Waals surface area contributed by atoms with E-state index in [0.717, 1.165) is 11.3 Å². The number of nitrogens with one attached hydrogen (secondary N) is 1. The lowest BCUT2D eigenvalue weighted by atomic mass is 10.2. The van der Waals surface area contributed by atoms with Gasteiger partial charge < -0.3 is 15.2 Å². The maximum atomic E-state index is 13.3. The Morgan fingerprint density at radius 2 is 1.84 bits per heavy atom. The van der Waals surface area contributed by atoms with E-state index in [0.29, 0.717) is 34.3 Å². The molecule has 0 aliphatic rings. The first-order chi connectivity index (χ1) is 15.5. The first-order valence-corrected chi connectivity index (χ1v) is 10.7. The summed E-state index contributed by atoms with van der Waals surface area (Å²) in [7, 11) is 0. The second kappa shape index (κ2) is 9.03. The van der Waals surface area contributed by atoms with Crippen molar-refractivity contribution in [3.8, 4) is 17.1 Å². The number of fused-ring (bicyclic) bond motifs is 1. The maximum absolute atomic E-state index is 13.3. The predicted molar refractivity (Wildman–Crippen MR) is 123 cm³/mol. The van der Waals surface area contributed by atoms with Crippen LogP contribution in [0.4, 0.5) is 5.69 Å². The third kappa shape index (κ3) is 4.23. The van der Waals surface area contributed by atoms with E-state index < -0.39 is 17.4 Å². The van der Waals surface area contributed by atoms with E-state index in [1.165, 1.54) is 9.95 Å². The normalized spacial score (nSPS) is 10.8. The zero-order valence-corrected chi connectivity index (χ0v) is 17.9. The van der Waals surface area contributed by atoms with Gasteiger partial charge in [-0.1, -0.05) is 30.3 Å². The van der Waals surface area contributed by atoms with E-state index in [2.05, 4.69) is 10.3 Å². The summed E-state index contributed by atoms with van der Waals surface area (Å²) >= 11 is 1.08. The van der Waals surface area contributed by atoms with Crippen molar-refractivity contribution < 1.29 is 19.4 Å². The van der Waals surface area contributed by atoms with Crippen LogP contribution in [0, 0.1) is 0 Å². The van der Waals surface area contributed by atoms with Gasteiger partial charge in [0, 0.05) is 16.6 Å². The van der Waals surface area contributed by atoms with Gasteiger partial charge in [0.25, 0.3) is 5.56 Å². The molecule has 0 unspecified atom stereocenters. The number of aromatic carboxylic acids is 1. The number of hydrogen-bond donors (Lipinski definition) is 2. The van der Waals surface area contributed by atoms with E-state index in [9.17, 15) is 19.5 Å². The maximum Gasteiger partial charge on any atom is 0.337 e. The Labute approximate surface area is 186 Å². The van der Waals surface area contributed by atoms with Crippen LogP contribution in [-0.4, -0.2) is 33.1 Å². The third-order valence-electron chi connectivity index (χ3n) is 4.71. The van der Waals surface area contributed by atoms with Gasteiger partial charge in [0.1, 0.15) is 22.9 Å². The Morgan fingerprint density at radius 3 is 2.50 bits per heavy atom. The summed E-state index contributed by atoms with van der Waals surface area (Å²) in [5, 5.41) is 13.6. The number of benzene rings is 2. The van der Waals surface area contributed by atoms with Crippen LogP contribution in [0.25, 0.3) is 21.6 Å². The van der Waals surface area contributed by atoms with Crippen LogP contribution in [0.1, 0.15) is 17.3 Å². The Morgan fingerprint density at radius 1 is 1.12 bits per heavy atom. The van der Waals surface area contributed by atoms with Crippen molar-refractivity contribution in [2.45, 2.75) is 13.5 Å². The largest absolute Gasteiger partial charge is 0.494 e. The van der Waals surface area contributed by atoms with Crippen molar-refractivity contribution in [3.05, 3.63) is 75.9 Å². The van der Waals surface area contributed by atoms with Gasteiger partial charge in [-0.2, -0.15) is 0 Å². The third-order valence-corrected chi connectivity index (χ3v) is 5.58. The average molecular weight is 449 g/mol. The highest BCUT2D eigenvalue weighted by Crippen LogP contribution is 2.25. The monoisotopic (exact) mass is 449 g/mol. The minimum atomic E-state index is -1.21. The zero-order chi connectivity index (χ0) is 22.7. The number of hydrogen-bond acceptors (Lipinski definition) is 6. The first-order valence-electron chi connectivity index (χ1n) is 9.81. The smallest absolute Gasteiger partial charge is 0.337 e. The summed E-state index contributed by atoms with van der Waals surface area (Å²) in [6, 6.07) is 15.9. The van der Waals surface area contributed by atoms with Gasteiger partial charge in [0.2, 0.25) is 5.91 Å². The molecule has 8 nitrogen and oxygen atoms in total. The summed E-state index contributed by atoms with van der Waals surface area (Å²) in [5.41, 5.74) is 0.492. The fraction of sp³-hybridized carbons (Fsp3) is 0.130. The number of rotatable bonds is 7. The number of carboxylic acids is 1. The van der Waals surface area contributed by atoms with Crippen LogP contribution >= 0.6 is 11.3 Å². The molecular weight excluding hydrogens is 430 g/mol. The minimum Gasteiger partial charge on any atom is -0.494 e. The lowest BCUT2D eigenvalue weighted by molar-refractivity contribution is -0.116. The quantitative estimate of drug-likeness (QED) is 0.443. The Kier molecular flexibility index (Phi) is 6.00. The van der Waals surface area contributed by atoms with E-state index in [4.69, 9.17) is 4.74 Å². The van der Waals surface area contributed by atoms with Gasteiger partial charge in [0.15, 0.2) is 0 Å². The summed E-state index contributed by atoms with van der Waals surface area (Å²) in [5.74, 6) is -0.681. The highest BCUT2D eigenvalue weighted by Gasteiger charge is 2.21. The lowest BCUT2D eigenvalue weighted by Gasteiger charge is -2.13. The number of aromatic nitrogens is 2. The molecule has 4 aromatic rings. The van der Waals surface area contributed by atoms with E-state index >= 15 is 0 Å². The Balaban J connectivity index is 1.73. The fourth-order valence-corrected chi connectivity index (χ4v) is 4.18. The van der Waals surface area contributed by atoms with Crippen molar-refractivity contribution in [3.63, 3.8) is 0 Å². The lowest BCUT2D eigenvalue weighted by Crippen LogP contribution is -2.30. The minimum absolute atomic E-state index is 0.00366. The molecule has 0 saturated heterocycles. The molecule has 0 atom stereocenters. The van der Waals surface area contributed by atoms with Crippen molar-refractivity contribution in [2.75, 3.05) is 11.9 Å². The van der Waals surface area contributed by atoms with Crippen LogP contribution in [-0.2, 0) is 11.3 Å². The predicted octanol–water partition coefficient (Wildman–Crippen LogP) is 3.86. The van der Waals surface area contributed by atoms with E-state index in [1.54, 1.807) is 48.5 Å². The van der Waals surface area contributed by atoms with Crippen LogP contribution in [0.2, 0.25) is 0 Å². The number of carbonyl (C=O) groups is 2. The molecule has 162 valence electrons. The molecule has 32 heavy (non-hydrogen) atoms. The van der Waals surface area contributed by atoms with Gasteiger partial charge >= 0.3 is 5.97 Å². The number of ether oxygens (including phenoxy) is 1. The number of carboxylic acid groups (broad SMARTS) is 1. The molecule has 1 amide bonds. The second-order valence-electron chi connectivity index (χ2n) is 6.83. The standard InChI is InChI=1S/C23H19N3O5S/c1-2-31-16-10-8-15(9-11-16)24-18(27)12-26-20(14-6-4-3-5-7-14)25-21-19(22(26)28)17(13-32-21)23(29)30/h3-11,13H,2,12H2,1H3,(H,24,27)(H,29,30). The summed E-state index contributed by atoms with van der Waals surface area (Å²) < 4.78 is 6.60. The molecule has 0 bridgehead atoms. The number of nitrogens with zero attached hydrogens (tertiary/aromatic N) is 2. The zero-order valence-electron chi connectivity index (χ0n) is 17.1. The van der Waals surface area contributed by atoms with Crippen molar-refractivity contribution in [1.82, 2.24) is 9.55 Å². The van der Waals surface area contributed by atoms with Crippen LogP contribution in [0.5, 0.6) is 5.75 Å². The Hall–Kier alpha value is -3.98. The Bertz CT molecular complexity index is 1340. The van der Waals surface area contributed by atoms with Crippen LogP contribution < -0.4 is 15.6 Å². The highest BCUT2D eigenvalue weighted by atomic mass is 32.1. The number of amides is 1. The topological polar surface area (TPSA) is 111 Å². The molecule has 2 heterocycles. The van der Waals surface area contributed by atoms with E-state index in [1.807, 2.05) is 13.0 Å². The molecular formula is C23H19N3O5S. The average Bonchev–Trinajstić information content (AvgIpc) is 3.22. The van der Waals surface area contributed by atoms with Crippen LogP contribution in [0.3, 0.4) is 0 Å².